The van der Waals surface area contributed by atoms with Gasteiger partial charge in [-0.05, 0) is 32.2 Å². The first-order valence-electron chi connectivity index (χ1n) is 5.98. The average Bonchev–Trinajstić information content (AvgIpc) is 2.31. The van der Waals surface area contributed by atoms with Crippen LogP contribution in [-0.2, 0) is 9.53 Å². The van der Waals surface area contributed by atoms with Crippen LogP contribution in [0.2, 0.25) is 0 Å². The molecule has 2 aliphatic heterocycles. The van der Waals surface area contributed by atoms with Crippen molar-refractivity contribution in [1.82, 2.24) is 10.6 Å². The molecule has 86 valence electrons. The van der Waals surface area contributed by atoms with Gasteiger partial charge in [0.2, 0.25) is 5.91 Å². The molecule has 0 aromatic heterocycles. The molecule has 2 heterocycles. The van der Waals surface area contributed by atoms with Crippen LogP contribution in [0.4, 0.5) is 0 Å². The number of amides is 1. The first-order valence-corrected chi connectivity index (χ1v) is 5.98. The Labute approximate surface area is 90.8 Å². The van der Waals surface area contributed by atoms with Crippen LogP contribution in [0.1, 0.15) is 32.1 Å². The lowest BCUT2D eigenvalue weighted by molar-refractivity contribution is -0.125. The number of carbonyl (C=O) groups excluding carboxylic acids is 1. The van der Waals surface area contributed by atoms with Crippen molar-refractivity contribution in [1.29, 1.82) is 0 Å². The lowest BCUT2D eigenvalue weighted by atomic mass is 10.0. The normalized spacial score (nSPS) is 28.7. The Balaban J connectivity index is 1.74. The largest absolute Gasteiger partial charge is 0.381 e. The molecule has 0 aliphatic carbocycles. The highest BCUT2D eigenvalue weighted by Crippen LogP contribution is 2.10. The number of hydrogen-bond acceptors (Lipinski definition) is 3. The van der Waals surface area contributed by atoms with Gasteiger partial charge in [-0.3, -0.25) is 4.79 Å². The van der Waals surface area contributed by atoms with Gasteiger partial charge in [-0.15, -0.1) is 0 Å². The lowest BCUT2D eigenvalue weighted by Gasteiger charge is -2.27. The van der Waals surface area contributed by atoms with E-state index in [1.165, 1.54) is 12.8 Å². The quantitative estimate of drug-likeness (QED) is 0.697. The lowest BCUT2D eigenvalue weighted by Crippen LogP contribution is -2.50. The summed E-state index contributed by atoms with van der Waals surface area (Å²) in [4.78, 5) is 11.9. The third-order valence-electron chi connectivity index (χ3n) is 3.19. The molecule has 0 unspecified atom stereocenters. The van der Waals surface area contributed by atoms with E-state index in [2.05, 4.69) is 10.6 Å². The molecule has 2 fully saturated rings. The summed E-state index contributed by atoms with van der Waals surface area (Å²) >= 11 is 0. The summed E-state index contributed by atoms with van der Waals surface area (Å²) in [5.74, 6) is 0.182. The van der Waals surface area contributed by atoms with Crippen LogP contribution in [0.15, 0.2) is 0 Å². The van der Waals surface area contributed by atoms with Gasteiger partial charge in [-0.1, -0.05) is 6.42 Å². The second kappa shape index (κ2) is 5.47. The number of carbonyl (C=O) groups is 1. The van der Waals surface area contributed by atoms with Crippen LogP contribution in [0.3, 0.4) is 0 Å². The first kappa shape index (κ1) is 10.9. The third kappa shape index (κ3) is 3.18. The molecular weight excluding hydrogens is 192 g/mol. The summed E-state index contributed by atoms with van der Waals surface area (Å²) in [6.07, 6.45) is 5.26. The Bertz CT molecular complexity index is 209. The second-order valence-electron chi connectivity index (χ2n) is 4.40. The van der Waals surface area contributed by atoms with Crippen LogP contribution < -0.4 is 10.6 Å². The van der Waals surface area contributed by atoms with E-state index in [0.29, 0.717) is 6.04 Å². The molecule has 0 bridgehead atoms. The summed E-state index contributed by atoms with van der Waals surface area (Å²) in [6, 6.07) is 0.372. The van der Waals surface area contributed by atoms with E-state index in [1.807, 2.05) is 0 Å². The van der Waals surface area contributed by atoms with Crippen molar-refractivity contribution in [3.05, 3.63) is 0 Å². The number of piperidine rings is 1. The van der Waals surface area contributed by atoms with Crippen molar-refractivity contribution >= 4 is 5.91 Å². The van der Waals surface area contributed by atoms with E-state index in [0.717, 1.165) is 39.0 Å². The Morgan fingerprint density at radius 2 is 2.00 bits per heavy atom. The number of ether oxygens (including phenoxy) is 1. The van der Waals surface area contributed by atoms with Crippen LogP contribution in [0, 0.1) is 0 Å². The molecule has 0 aromatic carbocycles. The second-order valence-corrected chi connectivity index (χ2v) is 4.40. The van der Waals surface area contributed by atoms with E-state index < -0.39 is 0 Å². The summed E-state index contributed by atoms with van der Waals surface area (Å²) < 4.78 is 5.26. The Kier molecular flexibility index (Phi) is 3.97. The van der Waals surface area contributed by atoms with Crippen molar-refractivity contribution in [3.8, 4) is 0 Å². The average molecular weight is 212 g/mol. The molecule has 0 spiro atoms. The monoisotopic (exact) mass is 212 g/mol. The SMILES string of the molecule is O=C(NC1CCOCC1)[C@@H]1CCCCN1. The molecule has 2 saturated heterocycles. The molecule has 0 aromatic rings. The van der Waals surface area contributed by atoms with Crippen molar-refractivity contribution < 1.29 is 9.53 Å². The van der Waals surface area contributed by atoms with Crippen LogP contribution >= 0.6 is 0 Å². The summed E-state index contributed by atoms with van der Waals surface area (Å²) in [5, 5.41) is 6.37. The number of nitrogens with one attached hydrogen (secondary N) is 2. The van der Waals surface area contributed by atoms with E-state index in [1.54, 1.807) is 0 Å². The fourth-order valence-corrected chi connectivity index (χ4v) is 2.22. The highest BCUT2D eigenvalue weighted by molar-refractivity contribution is 5.82. The van der Waals surface area contributed by atoms with Crippen LogP contribution in [-0.4, -0.2) is 37.7 Å². The van der Waals surface area contributed by atoms with Crippen LogP contribution in [0.25, 0.3) is 0 Å². The fraction of sp³-hybridized carbons (Fsp3) is 0.909. The topological polar surface area (TPSA) is 50.4 Å². The highest BCUT2D eigenvalue weighted by Gasteiger charge is 2.23. The molecule has 4 heteroatoms. The molecular formula is C11H20N2O2. The molecule has 15 heavy (non-hydrogen) atoms. The summed E-state index contributed by atoms with van der Waals surface area (Å²) in [7, 11) is 0. The van der Waals surface area contributed by atoms with Gasteiger partial charge >= 0.3 is 0 Å². The molecule has 2 aliphatic rings. The Hall–Kier alpha value is -0.610. The number of hydrogen-bond donors (Lipinski definition) is 2. The predicted octanol–water partition coefficient (Wildman–Crippen LogP) is 0.424. The zero-order valence-electron chi connectivity index (χ0n) is 9.13. The van der Waals surface area contributed by atoms with Gasteiger partial charge in [0.05, 0.1) is 6.04 Å². The van der Waals surface area contributed by atoms with Gasteiger partial charge < -0.3 is 15.4 Å². The predicted molar refractivity (Wildman–Crippen MR) is 57.6 cm³/mol. The van der Waals surface area contributed by atoms with E-state index in [4.69, 9.17) is 4.74 Å². The zero-order chi connectivity index (χ0) is 10.5. The maximum Gasteiger partial charge on any atom is 0.237 e. The Morgan fingerprint density at radius 3 is 2.67 bits per heavy atom. The van der Waals surface area contributed by atoms with Crippen molar-refractivity contribution in [3.63, 3.8) is 0 Å². The Morgan fingerprint density at radius 1 is 1.20 bits per heavy atom. The fourth-order valence-electron chi connectivity index (χ4n) is 2.22. The highest BCUT2D eigenvalue weighted by atomic mass is 16.5. The summed E-state index contributed by atoms with van der Waals surface area (Å²) in [6.45, 7) is 2.54. The standard InChI is InChI=1S/C11H20N2O2/c14-11(10-3-1-2-6-12-10)13-9-4-7-15-8-5-9/h9-10,12H,1-8H2,(H,13,14)/t10-/m0/s1. The molecule has 4 nitrogen and oxygen atoms in total. The van der Waals surface area contributed by atoms with E-state index in [-0.39, 0.29) is 11.9 Å². The van der Waals surface area contributed by atoms with E-state index in [9.17, 15) is 4.79 Å². The summed E-state index contributed by atoms with van der Waals surface area (Å²) in [5.41, 5.74) is 0. The van der Waals surface area contributed by atoms with Gasteiger partial charge in [-0.25, -0.2) is 0 Å². The molecule has 1 atom stereocenters. The number of rotatable bonds is 2. The zero-order valence-corrected chi connectivity index (χ0v) is 9.13. The smallest absolute Gasteiger partial charge is 0.237 e. The third-order valence-corrected chi connectivity index (χ3v) is 3.19. The van der Waals surface area contributed by atoms with Crippen LogP contribution in [0.5, 0.6) is 0 Å². The minimum Gasteiger partial charge on any atom is -0.381 e. The minimum absolute atomic E-state index is 0.0431. The molecule has 0 radical (unpaired) electrons. The maximum absolute atomic E-state index is 11.9. The molecule has 0 saturated carbocycles. The molecule has 2 N–H and O–H groups in total. The first-order chi connectivity index (χ1) is 7.36. The van der Waals surface area contributed by atoms with Gasteiger partial charge in [0.25, 0.3) is 0 Å². The van der Waals surface area contributed by atoms with Gasteiger partial charge in [-0.2, -0.15) is 0 Å². The van der Waals surface area contributed by atoms with Gasteiger partial charge in [0.15, 0.2) is 0 Å². The van der Waals surface area contributed by atoms with Crippen molar-refractivity contribution in [2.75, 3.05) is 19.8 Å². The van der Waals surface area contributed by atoms with Crippen molar-refractivity contribution in [2.45, 2.75) is 44.2 Å². The maximum atomic E-state index is 11.9. The van der Waals surface area contributed by atoms with Gasteiger partial charge in [0.1, 0.15) is 0 Å². The molecule has 1 amide bonds. The minimum atomic E-state index is 0.0431. The molecule has 2 rings (SSSR count). The van der Waals surface area contributed by atoms with E-state index >= 15 is 0 Å². The van der Waals surface area contributed by atoms with Crippen molar-refractivity contribution in [2.24, 2.45) is 0 Å². The van der Waals surface area contributed by atoms with Gasteiger partial charge in [0, 0.05) is 19.3 Å².